The zero-order chi connectivity index (χ0) is 15.6. The van der Waals surface area contributed by atoms with Crippen molar-refractivity contribution in [2.45, 2.75) is 19.8 Å². The summed E-state index contributed by atoms with van der Waals surface area (Å²) in [4.78, 5) is 1.59. The van der Waals surface area contributed by atoms with Crippen LogP contribution in [0.5, 0.6) is 5.75 Å². The standard InChI is InChI=1S/C19H17NOS/c1-2-3-4-5-14-21-17-9-6-16(7-10-17)8-11-18-12-13-19(15-20)22-18/h4-7,9-10,12-13H,2-3,14H2,1H3/b5-4+. The molecular formula is C19H17NOS. The van der Waals surface area contributed by atoms with Gasteiger partial charge in [-0.25, -0.2) is 0 Å². The lowest BCUT2D eigenvalue weighted by molar-refractivity contribution is 0.362. The van der Waals surface area contributed by atoms with Gasteiger partial charge in [-0.05, 0) is 42.8 Å². The lowest BCUT2D eigenvalue weighted by atomic mass is 10.2. The first kappa shape index (κ1) is 15.9. The summed E-state index contributed by atoms with van der Waals surface area (Å²) in [6.45, 7) is 2.75. The number of nitrogens with zero attached hydrogens (tertiary/aromatic N) is 1. The normalized spacial score (nSPS) is 10.0. The van der Waals surface area contributed by atoms with Crippen molar-refractivity contribution in [1.82, 2.24) is 0 Å². The molecule has 0 radical (unpaired) electrons. The van der Waals surface area contributed by atoms with Crippen molar-refractivity contribution in [3.63, 3.8) is 0 Å². The Morgan fingerprint density at radius 1 is 1.05 bits per heavy atom. The van der Waals surface area contributed by atoms with Gasteiger partial charge < -0.3 is 4.74 Å². The lowest BCUT2D eigenvalue weighted by Crippen LogP contribution is -1.92. The fourth-order valence-electron chi connectivity index (χ4n) is 1.73. The molecule has 0 bridgehead atoms. The van der Waals surface area contributed by atoms with Crippen LogP contribution >= 0.6 is 11.3 Å². The van der Waals surface area contributed by atoms with Crippen LogP contribution in [0.1, 0.15) is 35.1 Å². The van der Waals surface area contributed by atoms with Crippen molar-refractivity contribution >= 4 is 11.3 Å². The van der Waals surface area contributed by atoms with Crippen molar-refractivity contribution in [3.05, 3.63) is 63.9 Å². The van der Waals surface area contributed by atoms with E-state index in [4.69, 9.17) is 10.00 Å². The molecule has 0 aliphatic heterocycles. The number of thiophene rings is 1. The molecule has 2 nitrogen and oxygen atoms in total. The maximum atomic E-state index is 8.78. The Hall–Kier alpha value is -2.49. The number of unbranched alkanes of at least 4 members (excludes halogenated alkanes) is 1. The number of hydrogen-bond donors (Lipinski definition) is 0. The minimum atomic E-state index is 0.594. The van der Waals surface area contributed by atoms with Gasteiger partial charge in [-0.2, -0.15) is 5.26 Å². The maximum absolute atomic E-state index is 8.78. The number of ether oxygens (including phenoxy) is 1. The van der Waals surface area contributed by atoms with E-state index in [1.165, 1.54) is 11.3 Å². The van der Waals surface area contributed by atoms with E-state index < -0.39 is 0 Å². The van der Waals surface area contributed by atoms with Gasteiger partial charge in [0.15, 0.2) is 0 Å². The third kappa shape index (κ3) is 5.13. The highest BCUT2D eigenvalue weighted by atomic mass is 32.1. The van der Waals surface area contributed by atoms with E-state index >= 15 is 0 Å². The first-order chi connectivity index (χ1) is 10.8. The molecule has 0 atom stereocenters. The molecule has 110 valence electrons. The number of nitriles is 1. The van der Waals surface area contributed by atoms with E-state index in [9.17, 15) is 0 Å². The molecule has 0 saturated heterocycles. The Balaban J connectivity index is 1.91. The maximum Gasteiger partial charge on any atom is 0.119 e. The molecule has 2 rings (SSSR count). The van der Waals surface area contributed by atoms with Gasteiger partial charge in [0.25, 0.3) is 0 Å². The summed E-state index contributed by atoms with van der Waals surface area (Å²) in [5, 5.41) is 8.78. The third-order valence-corrected chi connectivity index (χ3v) is 3.77. The molecule has 22 heavy (non-hydrogen) atoms. The van der Waals surface area contributed by atoms with Crippen molar-refractivity contribution in [2.75, 3.05) is 6.61 Å². The predicted octanol–water partition coefficient (Wildman–Crippen LogP) is 4.75. The SMILES string of the molecule is CCC/C=C/COc1ccc(C#Cc2ccc(C#N)s2)cc1. The van der Waals surface area contributed by atoms with E-state index in [1.54, 1.807) is 6.07 Å². The second-order valence-corrected chi connectivity index (χ2v) is 5.70. The third-order valence-electron chi connectivity index (χ3n) is 2.87. The van der Waals surface area contributed by atoms with Crippen molar-refractivity contribution < 1.29 is 4.74 Å². The Morgan fingerprint density at radius 2 is 1.82 bits per heavy atom. The summed E-state index contributed by atoms with van der Waals surface area (Å²) in [6.07, 6.45) is 6.43. The topological polar surface area (TPSA) is 33.0 Å². The highest BCUT2D eigenvalue weighted by molar-refractivity contribution is 7.13. The molecule has 0 fully saturated rings. The van der Waals surface area contributed by atoms with Crippen LogP contribution in [-0.4, -0.2) is 6.61 Å². The minimum absolute atomic E-state index is 0.594. The van der Waals surface area contributed by atoms with Gasteiger partial charge in [-0.3, -0.25) is 0 Å². The summed E-state index contributed by atoms with van der Waals surface area (Å²) < 4.78 is 5.62. The van der Waals surface area contributed by atoms with Gasteiger partial charge in [0, 0.05) is 5.56 Å². The highest BCUT2D eigenvalue weighted by Gasteiger charge is 1.95. The molecule has 0 aliphatic rings. The average Bonchev–Trinajstić information content (AvgIpc) is 3.02. The van der Waals surface area contributed by atoms with Crippen LogP contribution in [0.2, 0.25) is 0 Å². The van der Waals surface area contributed by atoms with Crippen LogP contribution in [0.15, 0.2) is 48.6 Å². The smallest absolute Gasteiger partial charge is 0.119 e. The molecule has 2 aromatic rings. The molecule has 1 aromatic carbocycles. The molecule has 0 saturated carbocycles. The Labute approximate surface area is 135 Å². The van der Waals surface area contributed by atoms with Crippen molar-refractivity contribution in [2.24, 2.45) is 0 Å². The number of allylic oxidation sites excluding steroid dienone is 1. The number of benzene rings is 1. The Kier molecular flexibility index (Phi) is 6.30. The quantitative estimate of drug-likeness (QED) is 0.589. The van der Waals surface area contributed by atoms with Crippen LogP contribution < -0.4 is 4.74 Å². The second kappa shape index (κ2) is 8.72. The van der Waals surface area contributed by atoms with Crippen molar-refractivity contribution in [3.8, 4) is 23.7 Å². The fourth-order valence-corrected chi connectivity index (χ4v) is 2.39. The van der Waals surface area contributed by atoms with Crippen LogP contribution in [0, 0.1) is 23.2 Å². The van der Waals surface area contributed by atoms with Crippen LogP contribution in [0.25, 0.3) is 0 Å². The summed E-state index contributed by atoms with van der Waals surface area (Å²) in [5.74, 6) is 7.00. The van der Waals surface area contributed by atoms with E-state index in [0.717, 1.165) is 29.0 Å². The molecule has 0 aliphatic carbocycles. The highest BCUT2D eigenvalue weighted by Crippen LogP contribution is 2.15. The van der Waals surface area contributed by atoms with Gasteiger partial charge in [0.2, 0.25) is 0 Å². The monoisotopic (exact) mass is 307 g/mol. The summed E-state index contributed by atoms with van der Waals surface area (Å²) in [5.41, 5.74) is 0.931. The zero-order valence-electron chi connectivity index (χ0n) is 12.5. The van der Waals surface area contributed by atoms with Crippen LogP contribution in [-0.2, 0) is 0 Å². The molecule has 0 unspecified atom stereocenters. The van der Waals surface area contributed by atoms with Crippen LogP contribution in [0.4, 0.5) is 0 Å². The molecule has 3 heteroatoms. The van der Waals surface area contributed by atoms with E-state index in [2.05, 4.69) is 30.9 Å². The van der Waals surface area contributed by atoms with Gasteiger partial charge >= 0.3 is 0 Å². The Morgan fingerprint density at radius 3 is 2.50 bits per heavy atom. The second-order valence-electron chi connectivity index (χ2n) is 4.62. The first-order valence-corrected chi connectivity index (χ1v) is 8.03. The molecule has 0 N–H and O–H groups in total. The zero-order valence-corrected chi connectivity index (χ0v) is 13.3. The number of hydrogen-bond acceptors (Lipinski definition) is 3. The van der Waals surface area contributed by atoms with Gasteiger partial charge in [0.1, 0.15) is 23.3 Å². The van der Waals surface area contributed by atoms with Gasteiger partial charge in [-0.15, -0.1) is 11.3 Å². The fraction of sp³-hybridized carbons (Fsp3) is 0.211. The lowest BCUT2D eigenvalue weighted by Gasteiger charge is -2.02. The minimum Gasteiger partial charge on any atom is -0.490 e. The summed E-state index contributed by atoms with van der Waals surface area (Å²) in [7, 11) is 0. The van der Waals surface area contributed by atoms with Gasteiger partial charge in [-0.1, -0.05) is 37.3 Å². The van der Waals surface area contributed by atoms with Gasteiger partial charge in [0.05, 0.1) is 4.88 Å². The van der Waals surface area contributed by atoms with E-state index in [0.29, 0.717) is 11.5 Å². The Bertz CT molecular complexity index is 723. The number of rotatable bonds is 5. The molecule has 1 aromatic heterocycles. The summed E-state index contributed by atoms with van der Waals surface area (Å²) >= 11 is 1.41. The van der Waals surface area contributed by atoms with E-state index in [-0.39, 0.29) is 0 Å². The largest absolute Gasteiger partial charge is 0.490 e. The van der Waals surface area contributed by atoms with E-state index in [1.807, 2.05) is 36.4 Å². The molecule has 1 heterocycles. The first-order valence-electron chi connectivity index (χ1n) is 7.21. The predicted molar refractivity (Wildman–Crippen MR) is 91.0 cm³/mol. The molecule has 0 amide bonds. The van der Waals surface area contributed by atoms with Crippen LogP contribution in [0.3, 0.4) is 0 Å². The molecule has 0 spiro atoms. The van der Waals surface area contributed by atoms with Crippen molar-refractivity contribution in [1.29, 1.82) is 5.26 Å². The summed E-state index contributed by atoms with van der Waals surface area (Å²) in [6, 6.07) is 13.5. The average molecular weight is 307 g/mol. The molecular weight excluding hydrogens is 290 g/mol.